The number of amides is 2. The highest BCUT2D eigenvalue weighted by Gasteiger charge is 2.49. The molecule has 1 atom stereocenters. The van der Waals surface area contributed by atoms with Gasteiger partial charge in [0, 0.05) is 50.1 Å². The van der Waals surface area contributed by atoms with Gasteiger partial charge in [0.15, 0.2) is 0 Å². The number of carbonyl (C=O) groups is 2. The Balaban J connectivity index is 1.36. The van der Waals surface area contributed by atoms with Gasteiger partial charge in [-0.25, -0.2) is 4.31 Å². The fourth-order valence-corrected chi connectivity index (χ4v) is 5.85. The van der Waals surface area contributed by atoms with Gasteiger partial charge in [0.1, 0.15) is 11.4 Å². The number of nitrogens with one attached hydrogen (secondary N) is 3. The van der Waals surface area contributed by atoms with Crippen LogP contribution in [0.25, 0.3) is 0 Å². The van der Waals surface area contributed by atoms with Crippen molar-refractivity contribution in [3.05, 3.63) is 46.7 Å². The molecule has 2 amide bonds. The summed E-state index contributed by atoms with van der Waals surface area (Å²) < 4.78 is 2.21. The number of likely N-dealkylation sites (N-methyl/N-ethyl adjacent to an activating group) is 1. The molecule has 9 nitrogen and oxygen atoms in total. The van der Waals surface area contributed by atoms with Gasteiger partial charge < -0.3 is 20.6 Å². The Morgan fingerprint density at radius 3 is 2.65 bits per heavy atom. The van der Waals surface area contributed by atoms with Crippen LogP contribution in [0.3, 0.4) is 0 Å². The summed E-state index contributed by atoms with van der Waals surface area (Å²) in [6, 6.07) is 8.94. The van der Waals surface area contributed by atoms with Crippen LogP contribution in [0.15, 0.2) is 35.5 Å². The van der Waals surface area contributed by atoms with Crippen molar-refractivity contribution in [2.75, 3.05) is 33.2 Å². The average Bonchev–Trinajstić information content (AvgIpc) is 3.48. The van der Waals surface area contributed by atoms with Crippen molar-refractivity contribution in [3.8, 4) is 6.07 Å². The number of nitriles is 1. The minimum Gasteiger partial charge on any atom is -0.392 e. The zero-order valence-corrected chi connectivity index (χ0v) is 20.1. The Kier molecular flexibility index (Phi) is 7.26. The van der Waals surface area contributed by atoms with E-state index < -0.39 is 5.91 Å². The molecule has 2 fully saturated rings. The number of hydrogen-bond acceptors (Lipinski definition) is 8. The van der Waals surface area contributed by atoms with Crippen LogP contribution >= 0.6 is 11.9 Å². The second-order valence-corrected chi connectivity index (χ2v) is 10.6. The quantitative estimate of drug-likeness (QED) is 0.307. The van der Waals surface area contributed by atoms with Crippen molar-refractivity contribution in [3.63, 3.8) is 0 Å². The molecule has 3 aliphatic rings. The minimum atomic E-state index is -0.532. The third kappa shape index (κ3) is 5.43. The number of carbonyl (C=O) groups excluding carboxylic acids is 2. The lowest BCUT2D eigenvalue weighted by molar-refractivity contribution is -0.128. The number of rotatable bonds is 9. The van der Waals surface area contributed by atoms with E-state index in [0.29, 0.717) is 42.9 Å². The van der Waals surface area contributed by atoms with Crippen molar-refractivity contribution in [1.29, 1.82) is 10.7 Å². The highest BCUT2D eigenvalue weighted by molar-refractivity contribution is 7.98. The number of benzene rings is 1. The topological polar surface area (TPSA) is 133 Å². The minimum absolute atomic E-state index is 0.00204. The van der Waals surface area contributed by atoms with Gasteiger partial charge in [0.05, 0.1) is 17.7 Å². The van der Waals surface area contributed by atoms with Gasteiger partial charge in [-0.1, -0.05) is 24.1 Å². The predicted molar refractivity (Wildman–Crippen MR) is 130 cm³/mol. The van der Waals surface area contributed by atoms with E-state index >= 15 is 0 Å². The third-order valence-electron chi connectivity index (χ3n) is 6.49. The summed E-state index contributed by atoms with van der Waals surface area (Å²) in [5.74, 6) is -0.711. The molecule has 10 heteroatoms. The van der Waals surface area contributed by atoms with E-state index in [9.17, 15) is 14.7 Å². The number of nitrogens with zero attached hydrogens (tertiary/aromatic N) is 3. The molecule has 4 N–H and O–H groups in total. The molecular formula is C24H30N6O3S. The molecule has 0 aromatic heterocycles. The SMILES string of the molecule is CNC1=C(C(=N)C(=O)NCc2ccc(C#N)cc2)CCN(CC2(SN3CC[C@@H](O)C3)CC2)C1=O. The number of aliphatic hydroxyl groups is 1. The normalized spacial score (nSPS) is 21.9. The Labute approximate surface area is 203 Å². The first-order valence-corrected chi connectivity index (χ1v) is 12.3. The maximum Gasteiger partial charge on any atom is 0.270 e. The lowest BCUT2D eigenvalue weighted by atomic mass is 9.98. The number of aliphatic hydroxyl groups excluding tert-OH is 1. The summed E-state index contributed by atoms with van der Waals surface area (Å²) in [5, 5.41) is 32.8. The molecular weight excluding hydrogens is 452 g/mol. The van der Waals surface area contributed by atoms with Gasteiger partial charge in [0.2, 0.25) is 0 Å². The molecule has 2 heterocycles. The Morgan fingerprint density at radius 1 is 1.32 bits per heavy atom. The molecule has 34 heavy (non-hydrogen) atoms. The van der Waals surface area contributed by atoms with Gasteiger partial charge in [-0.3, -0.25) is 15.0 Å². The van der Waals surface area contributed by atoms with Gasteiger partial charge in [-0.15, -0.1) is 0 Å². The van der Waals surface area contributed by atoms with Gasteiger partial charge >= 0.3 is 0 Å². The molecule has 1 aromatic carbocycles. The van der Waals surface area contributed by atoms with E-state index in [1.807, 2.05) is 4.90 Å². The van der Waals surface area contributed by atoms with E-state index in [0.717, 1.165) is 31.4 Å². The fraction of sp³-hybridized carbons (Fsp3) is 0.500. The van der Waals surface area contributed by atoms with E-state index in [1.165, 1.54) is 0 Å². The van der Waals surface area contributed by atoms with E-state index in [4.69, 9.17) is 10.7 Å². The van der Waals surface area contributed by atoms with E-state index in [-0.39, 0.29) is 29.0 Å². The van der Waals surface area contributed by atoms with Crippen LogP contribution < -0.4 is 10.6 Å². The maximum atomic E-state index is 13.2. The maximum absolute atomic E-state index is 13.2. The monoisotopic (exact) mass is 482 g/mol. The Bertz CT molecular complexity index is 1040. The second kappa shape index (κ2) is 10.2. The van der Waals surface area contributed by atoms with Crippen LogP contribution in [0, 0.1) is 16.7 Å². The molecule has 1 aromatic rings. The third-order valence-corrected chi connectivity index (χ3v) is 8.00. The van der Waals surface area contributed by atoms with Gasteiger partial charge in [-0.05, 0) is 43.4 Å². The fourth-order valence-electron chi connectivity index (χ4n) is 4.36. The van der Waals surface area contributed by atoms with Crippen LogP contribution in [0.1, 0.15) is 36.8 Å². The standard InChI is InChI=1S/C24H30N6O3S/c1-27-21-19(20(26)22(32)28-13-17-4-2-16(12-25)3-5-17)7-10-29(23(21)33)15-24(8-9-24)34-30-11-6-18(31)14-30/h2-5,18,26-27,31H,6-11,13-15H2,1H3,(H,28,32)/t18-/m1/s1. The molecule has 0 spiro atoms. The average molecular weight is 483 g/mol. The number of β-amino-alcohol motifs (C(OH)–C–C–N with tert-alkyl or cyclic N) is 1. The second-order valence-electron chi connectivity index (χ2n) is 9.05. The molecule has 180 valence electrons. The summed E-state index contributed by atoms with van der Waals surface area (Å²) in [6.07, 6.45) is 3.03. The smallest absolute Gasteiger partial charge is 0.270 e. The molecule has 1 saturated carbocycles. The van der Waals surface area contributed by atoms with Crippen molar-refractivity contribution in [2.45, 2.75) is 43.1 Å². The molecule has 1 aliphatic carbocycles. The van der Waals surface area contributed by atoms with Crippen LogP contribution in [0.5, 0.6) is 0 Å². The first-order chi connectivity index (χ1) is 16.3. The van der Waals surface area contributed by atoms with Crippen molar-refractivity contribution in [1.82, 2.24) is 19.8 Å². The van der Waals surface area contributed by atoms with Crippen molar-refractivity contribution >= 4 is 29.5 Å². The first-order valence-electron chi connectivity index (χ1n) is 11.5. The van der Waals surface area contributed by atoms with Crippen LogP contribution in [-0.4, -0.2) is 75.9 Å². The van der Waals surface area contributed by atoms with Gasteiger partial charge in [0.25, 0.3) is 11.8 Å². The highest BCUT2D eigenvalue weighted by atomic mass is 32.2. The summed E-state index contributed by atoms with van der Waals surface area (Å²) in [5.41, 5.74) is 1.91. The summed E-state index contributed by atoms with van der Waals surface area (Å²) in [6.45, 7) is 2.86. The molecule has 2 aliphatic heterocycles. The van der Waals surface area contributed by atoms with Gasteiger partial charge in [-0.2, -0.15) is 5.26 Å². The predicted octanol–water partition coefficient (Wildman–Crippen LogP) is 1.15. The molecule has 0 radical (unpaired) electrons. The summed E-state index contributed by atoms with van der Waals surface area (Å²) in [4.78, 5) is 27.7. The molecule has 0 unspecified atom stereocenters. The lowest BCUT2D eigenvalue weighted by Crippen LogP contribution is -2.47. The largest absolute Gasteiger partial charge is 0.392 e. The van der Waals surface area contributed by atoms with Crippen LogP contribution in [0.2, 0.25) is 0 Å². The van der Waals surface area contributed by atoms with Crippen molar-refractivity contribution in [2.24, 2.45) is 0 Å². The Hall–Kier alpha value is -2.87. The summed E-state index contributed by atoms with van der Waals surface area (Å²) >= 11 is 1.77. The molecule has 4 rings (SSSR count). The lowest BCUT2D eigenvalue weighted by Gasteiger charge is -2.34. The first kappa shape index (κ1) is 24.3. The zero-order valence-electron chi connectivity index (χ0n) is 19.3. The van der Waals surface area contributed by atoms with E-state index in [1.54, 1.807) is 43.3 Å². The van der Waals surface area contributed by atoms with Crippen molar-refractivity contribution < 1.29 is 14.7 Å². The van der Waals surface area contributed by atoms with E-state index in [2.05, 4.69) is 21.0 Å². The summed E-state index contributed by atoms with van der Waals surface area (Å²) in [7, 11) is 1.64. The highest BCUT2D eigenvalue weighted by Crippen LogP contribution is 2.51. The van der Waals surface area contributed by atoms with Crippen LogP contribution in [0.4, 0.5) is 0 Å². The Morgan fingerprint density at radius 2 is 2.06 bits per heavy atom. The zero-order chi connectivity index (χ0) is 24.3. The van der Waals surface area contributed by atoms with Crippen LogP contribution in [-0.2, 0) is 16.1 Å². The molecule has 1 saturated heterocycles. The number of hydrogen-bond donors (Lipinski definition) is 4. The molecule has 0 bridgehead atoms.